The van der Waals surface area contributed by atoms with Crippen molar-refractivity contribution in [2.75, 3.05) is 11.4 Å². The molecule has 9 heteroatoms. The summed E-state index contributed by atoms with van der Waals surface area (Å²) in [7, 11) is 0. The van der Waals surface area contributed by atoms with Gasteiger partial charge in [0.15, 0.2) is 5.82 Å². The number of amides is 1. The Morgan fingerprint density at radius 2 is 1.76 bits per heavy atom. The number of carbonyl (C=O) groups is 1. The summed E-state index contributed by atoms with van der Waals surface area (Å²) >= 11 is 0. The molecule has 4 saturated carbocycles. The van der Waals surface area contributed by atoms with E-state index in [1.54, 1.807) is 6.33 Å². The molecule has 1 aromatic carbocycles. The highest BCUT2D eigenvalue weighted by Gasteiger charge is 2.53. The van der Waals surface area contributed by atoms with Gasteiger partial charge in [0.2, 0.25) is 17.7 Å². The Labute approximate surface area is 247 Å². The molecule has 42 heavy (non-hydrogen) atoms. The van der Waals surface area contributed by atoms with E-state index in [0.29, 0.717) is 25.8 Å². The zero-order valence-corrected chi connectivity index (χ0v) is 25.3. The number of fused-ring (bicyclic) bond motifs is 3. The van der Waals surface area contributed by atoms with Crippen LogP contribution >= 0.6 is 0 Å². The average molecular weight is 580 g/mol. The highest BCUT2D eigenvalue weighted by atomic mass is 19.3. The summed E-state index contributed by atoms with van der Waals surface area (Å²) in [5.74, 6) is -1.05. The number of aromatic nitrogens is 4. The number of anilines is 1. The van der Waals surface area contributed by atoms with Gasteiger partial charge in [-0.2, -0.15) is 4.98 Å². The van der Waals surface area contributed by atoms with Crippen LogP contribution in [0, 0.1) is 18.3 Å². The van der Waals surface area contributed by atoms with Crippen molar-refractivity contribution in [1.29, 1.82) is 0 Å². The largest absolute Gasteiger partial charge is 0.339 e. The van der Waals surface area contributed by atoms with Crippen LogP contribution in [0.15, 0.2) is 41.3 Å². The molecule has 4 fully saturated rings. The number of hydrogen-bond donors (Lipinski definition) is 0. The molecule has 2 heterocycles. The van der Waals surface area contributed by atoms with E-state index in [9.17, 15) is 13.6 Å². The first kappa shape index (κ1) is 29.0. The first-order valence-electron chi connectivity index (χ1n) is 15.5. The molecule has 2 aromatic heterocycles. The van der Waals surface area contributed by atoms with E-state index in [0.717, 1.165) is 67.3 Å². The smallest absolute Gasteiger partial charge is 0.248 e. The summed E-state index contributed by atoms with van der Waals surface area (Å²) in [6, 6.07) is 8.04. The molecular weight excluding hydrogens is 536 g/mol. The van der Waals surface area contributed by atoms with Crippen LogP contribution in [0.4, 0.5) is 14.5 Å². The lowest BCUT2D eigenvalue weighted by molar-refractivity contribution is -0.121. The predicted molar refractivity (Wildman–Crippen MR) is 157 cm³/mol. The minimum atomic E-state index is -2.60. The number of hydrogen-bond acceptors (Lipinski definition) is 5. The molecule has 4 aliphatic carbocycles. The molecule has 0 unspecified atom stereocenters. The van der Waals surface area contributed by atoms with Gasteiger partial charge in [-0.1, -0.05) is 32.0 Å². The fourth-order valence-electron chi connectivity index (χ4n) is 7.27. The standard InChI is InChI=1S/C33H43F2N5O2/c1-23-20-39(22-36-23)25-6-5-7-26(19-25)40(27(41)18-24-8-10-33(34,35)11-9-24)21-31-12-15-32(16-13-31,17-14-31)29-37-28(38-42-29)30(2,3)4/h5-7,19-20,22,24H,8-18,21H2,1-4H3. The summed E-state index contributed by atoms with van der Waals surface area (Å²) in [5, 5.41) is 4.31. The lowest BCUT2D eigenvalue weighted by atomic mass is 9.53. The number of rotatable bonds is 7. The minimum Gasteiger partial charge on any atom is -0.339 e. The molecule has 0 N–H and O–H groups in total. The summed E-state index contributed by atoms with van der Waals surface area (Å²) in [5.41, 5.74) is 2.48. The molecule has 1 amide bonds. The van der Waals surface area contributed by atoms with E-state index in [1.807, 2.05) is 46.9 Å². The number of carbonyl (C=O) groups excluding carboxylic acids is 1. The van der Waals surface area contributed by atoms with Gasteiger partial charge in [0.05, 0.1) is 12.0 Å². The maximum Gasteiger partial charge on any atom is 0.248 e. The van der Waals surface area contributed by atoms with E-state index in [2.05, 4.69) is 30.9 Å². The summed E-state index contributed by atoms with van der Waals surface area (Å²) in [6.07, 6.45) is 10.5. The van der Waals surface area contributed by atoms with Gasteiger partial charge >= 0.3 is 0 Å². The van der Waals surface area contributed by atoms with Crippen molar-refractivity contribution in [2.24, 2.45) is 11.3 Å². The lowest BCUT2D eigenvalue weighted by Crippen LogP contribution is -2.51. The number of aryl methyl sites for hydroxylation is 1. The molecule has 7 rings (SSSR count). The summed E-state index contributed by atoms with van der Waals surface area (Å²) in [6.45, 7) is 8.88. The molecule has 2 bridgehead atoms. The number of nitrogens with zero attached hydrogens (tertiary/aromatic N) is 5. The number of benzene rings is 1. The van der Waals surface area contributed by atoms with Crippen LogP contribution < -0.4 is 4.90 Å². The zero-order chi connectivity index (χ0) is 29.8. The Hall–Kier alpha value is -3.10. The van der Waals surface area contributed by atoms with E-state index in [-0.39, 0.29) is 40.9 Å². The van der Waals surface area contributed by atoms with Crippen molar-refractivity contribution < 1.29 is 18.1 Å². The minimum absolute atomic E-state index is 0.00323. The molecule has 3 aromatic rings. The van der Waals surface area contributed by atoms with Crippen LogP contribution in [0.3, 0.4) is 0 Å². The Morgan fingerprint density at radius 3 is 2.36 bits per heavy atom. The molecule has 0 atom stereocenters. The fourth-order valence-corrected chi connectivity index (χ4v) is 7.27. The van der Waals surface area contributed by atoms with E-state index >= 15 is 0 Å². The van der Waals surface area contributed by atoms with Crippen molar-refractivity contribution in [3.63, 3.8) is 0 Å². The highest BCUT2D eigenvalue weighted by Crippen LogP contribution is 2.58. The second-order valence-corrected chi connectivity index (χ2v) is 14.4. The highest BCUT2D eigenvalue weighted by molar-refractivity contribution is 5.94. The monoisotopic (exact) mass is 579 g/mol. The molecule has 0 radical (unpaired) electrons. The fraction of sp³-hybridized carbons (Fsp3) is 0.636. The number of imidazole rings is 1. The van der Waals surface area contributed by atoms with Crippen molar-refractivity contribution in [3.05, 3.63) is 54.2 Å². The van der Waals surface area contributed by atoms with Crippen molar-refractivity contribution in [2.45, 2.75) is 115 Å². The normalized spacial score (nSPS) is 26.0. The summed E-state index contributed by atoms with van der Waals surface area (Å²) in [4.78, 5) is 25.2. The Morgan fingerprint density at radius 1 is 1.07 bits per heavy atom. The average Bonchev–Trinajstić information content (AvgIpc) is 3.65. The second kappa shape index (κ2) is 10.6. The van der Waals surface area contributed by atoms with Gasteiger partial charge < -0.3 is 14.0 Å². The van der Waals surface area contributed by atoms with Crippen LogP contribution in [0.5, 0.6) is 0 Å². The van der Waals surface area contributed by atoms with Gasteiger partial charge in [0, 0.05) is 54.2 Å². The maximum absolute atomic E-state index is 14.0. The van der Waals surface area contributed by atoms with Crippen LogP contribution in [0.1, 0.15) is 109 Å². The Bertz CT molecular complexity index is 1400. The third-order valence-electron chi connectivity index (χ3n) is 10.2. The van der Waals surface area contributed by atoms with E-state index < -0.39 is 5.92 Å². The predicted octanol–water partition coefficient (Wildman–Crippen LogP) is 7.70. The van der Waals surface area contributed by atoms with Crippen molar-refractivity contribution in [1.82, 2.24) is 19.7 Å². The molecular formula is C33H43F2N5O2. The van der Waals surface area contributed by atoms with E-state index in [1.165, 1.54) is 0 Å². The first-order valence-corrected chi connectivity index (χ1v) is 15.5. The van der Waals surface area contributed by atoms with Crippen molar-refractivity contribution >= 4 is 11.6 Å². The molecule has 0 aliphatic heterocycles. The second-order valence-electron chi connectivity index (χ2n) is 14.4. The third-order valence-corrected chi connectivity index (χ3v) is 10.2. The van der Waals surface area contributed by atoms with Crippen LogP contribution in [0.2, 0.25) is 0 Å². The molecule has 0 spiro atoms. The topological polar surface area (TPSA) is 77.0 Å². The van der Waals surface area contributed by atoms with E-state index in [4.69, 9.17) is 9.51 Å². The third kappa shape index (κ3) is 5.76. The van der Waals surface area contributed by atoms with Gasteiger partial charge in [-0.15, -0.1) is 0 Å². The molecule has 4 aliphatic rings. The first-order chi connectivity index (χ1) is 19.9. The maximum atomic E-state index is 14.0. The van der Waals surface area contributed by atoms with Gasteiger partial charge in [-0.25, -0.2) is 13.8 Å². The molecule has 7 nitrogen and oxygen atoms in total. The number of alkyl halides is 2. The Kier molecular flexibility index (Phi) is 7.29. The Balaban J connectivity index is 1.23. The molecule has 0 saturated heterocycles. The van der Waals surface area contributed by atoms with Crippen LogP contribution in [0.25, 0.3) is 5.69 Å². The zero-order valence-electron chi connectivity index (χ0n) is 25.3. The van der Waals surface area contributed by atoms with Crippen molar-refractivity contribution in [3.8, 4) is 5.69 Å². The SMILES string of the molecule is Cc1cn(-c2cccc(N(CC34CCC(c5nc(C(C)(C)C)no5)(CC3)CC4)C(=O)CC3CCC(F)(F)CC3)c2)cn1. The van der Waals surface area contributed by atoms with Gasteiger partial charge in [0.1, 0.15) is 0 Å². The van der Waals surface area contributed by atoms with Gasteiger partial charge in [0.25, 0.3) is 0 Å². The van der Waals surface area contributed by atoms with Crippen LogP contribution in [-0.2, 0) is 15.6 Å². The van der Waals surface area contributed by atoms with Gasteiger partial charge in [-0.05, 0) is 87.8 Å². The van der Waals surface area contributed by atoms with Gasteiger partial charge in [-0.3, -0.25) is 4.79 Å². The van der Waals surface area contributed by atoms with Crippen LogP contribution in [-0.4, -0.2) is 38.1 Å². The quantitative estimate of drug-likeness (QED) is 0.287. The lowest BCUT2D eigenvalue weighted by Gasteiger charge is -2.53. The molecule has 226 valence electrons. The number of halogens is 2. The summed E-state index contributed by atoms with van der Waals surface area (Å²) < 4.78 is 35.5.